The van der Waals surface area contributed by atoms with Crippen molar-refractivity contribution in [2.75, 3.05) is 20.3 Å². The first kappa shape index (κ1) is 26.4. The second kappa shape index (κ2) is 11.0. The molecule has 4 aromatic carbocycles. The van der Waals surface area contributed by atoms with Gasteiger partial charge in [-0.3, -0.25) is 9.59 Å². The summed E-state index contributed by atoms with van der Waals surface area (Å²) in [6.07, 6.45) is 0. The Kier molecular flexibility index (Phi) is 7.10. The van der Waals surface area contributed by atoms with E-state index in [1.54, 1.807) is 25.3 Å². The van der Waals surface area contributed by atoms with Gasteiger partial charge in [-0.25, -0.2) is 0 Å². The maximum Gasteiger partial charge on any atom is 0.315 e. The highest BCUT2D eigenvalue weighted by atomic mass is 16.6. The summed E-state index contributed by atoms with van der Waals surface area (Å²) in [5, 5.41) is 10.4. The molecule has 0 saturated heterocycles. The van der Waals surface area contributed by atoms with Crippen LogP contribution < -0.4 is 18.9 Å². The predicted molar refractivity (Wildman–Crippen MR) is 153 cm³/mol. The number of carboxylic acids is 1. The van der Waals surface area contributed by atoms with Crippen molar-refractivity contribution in [2.24, 2.45) is 11.8 Å². The Morgan fingerprint density at radius 3 is 2.20 bits per heavy atom. The zero-order valence-corrected chi connectivity index (χ0v) is 22.8. The van der Waals surface area contributed by atoms with Crippen LogP contribution in [0.3, 0.4) is 0 Å². The molecule has 0 amide bonds. The largest absolute Gasteiger partial charge is 0.496 e. The molecule has 0 spiro atoms. The molecule has 41 heavy (non-hydrogen) atoms. The third-order valence-electron chi connectivity index (χ3n) is 8.08. The van der Waals surface area contributed by atoms with Gasteiger partial charge < -0.3 is 24.1 Å². The van der Waals surface area contributed by atoms with Crippen LogP contribution >= 0.6 is 0 Å². The van der Waals surface area contributed by atoms with Crippen LogP contribution in [-0.2, 0) is 9.59 Å². The summed E-state index contributed by atoms with van der Waals surface area (Å²) in [6, 6.07) is 27.9. The number of carbonyl (C=O) groups is 2. The van der Waals surface area contributed by atoms with Gasteiger partial charge in [0.25, 0.3) is 0 Å². The van der Waals surface area contributed by atoms with Gasteiger partial charge in [-0.1, -0.05) is 60.7 Å². The Morgan fingerprint density at radius 2 is 1.44 bits per heavy atom. The highest BCUT2D eigenvalue weighted by molar-refractivity contribution is 5.86. The minimum atomic E-state index is -0.959. The van der Waals surface area contributed by atoms with E-state index in [1.807, 2.05) is 79.7 Å². The number of carboxylic acid groups (broad SMARTS) is 1. The molecule has 1 N–H and O–H groups in total. The fourth-order valence-electron chi connectivity index (χ4n) is 6.17. The normalized spacial score (nSPS) is 20.9. The van der Waals surface area contributed by atoms with Crippen molar-refractivity contribution in [3.05, 3.63) is 108 Å². The van der Waals surface area contributed by atoms with Crippen LogP contribution in [0.15, 0.2) is 91.0 Å². The predicted octanol–water partition coefficient (Wildman–Crippen LogP) is 6.25. The van der Waals surface area contributed by atoms with E-state index in [9.17, 15) is 14.7 Å². The zero-order valence-electron chi connectivity index (χ0n) is 22.8. The molecule has 7 heteroatoms. The molecule has 0 radical (unpaired) electrons. The minimum Gasteiger partial charge on any atom is -0.496 e. The van der Waals surface area contributed by atoms with Gasteiger partial charge in [0.15, 0.2) is 11.5 Å². The van der Waals surface area contributed by atoms with Crippen LogP contribution in [0.1, 0.15) is 28.5 Å². The van der Waals surface area contributed by atoms with Gasteiger partial charge in [-0.05, 0) is 65.1 Å². The topological polar surface area (TPSA) is 91.3 Å². The maximum absolute atomic E-state index is 14.0. The first-order valence-electron chi connectivity index (χ1n) is 13.6. The molecule has 4 atom stereocenters. The van der Waals surface area contributed by atoms with E-state index in [2.05, 4.69) is 0 Å². The average Bonchev–Trinajstić information content (AvgIpc) is 2.97. The maximum atomic E-state index is 14.0. The summed E-state index contributed by atoms with van der Waals surface area (Å²) >= 11 is 0. The number of hydrogen-bond acceptors (Lipinski definition) is 6. The summed E-state index contributed by atoms with van der Waals surface area (Å²) in [5.41, 5.74) is 4.19. The van der Waals surface area contributed by atoms with Gasteiger partial charge >= 0.3 is 11.9 Å². The number of hydrogen-bond donors (Lipinski definition) is 1. The third-order valence-corrected chi connectivity index (χ3v) is 8.08. The van der Waals surface area contributed by atoms with Gasteiger partial charge in [0.05, 0.1) is 18.9 Å². The highest BCUT2D eigenvalue weighted by Gasteiger charge is 2.60. The number of aliphatic carboxylic acids is 1. The van der Waals surface area contributed by atoms with Crippen molar-refractivity contribution < 1.29 is 33.6 Å². The van der Waals surface area contributed by atoms with Crippen LogP contribution in [0.2, 0.25) is 0 Å². The number of aryl methyl sites for hydroxylation is 1. The number of esters is 1. The number of methoxy groups -OCH3 is 1. The molecule has 0 bridgehead atoms. The monoisotopic (exact) mass is 550 g/mol. The van der Waals surface area contributed by atoms with Crippen molar-refractivity contribution in [2.45, 2.75) is 18.8 Å². The molecule has 2 aliphatic rings. The lowest BCUT2D eigenvalue weighted by Crippen LogP contribution is -2.52. The van der Waals surface area contributed by atoms with E-state index < -0.39 is 35.6 Å². The third kappa shape index (κ3) is 4.88. The van der Waals surface area contributed by atoms with Gasteiger partial charge in [0.1, 0.15) is 24.7 Å². The van der Waals surface area contributed by atoms with E-state index in [0.29, 0.717) is 41.8 Å². The van der Waals surface area contributed by atoms with E-state index >= 15 is 0 Å². The SMILES string of the molecule is COc1ccccc1[C@H]1C(C(=O)Oc2cccc(-c3ccc4c(c3)OCCO4)c2)[C@H](c2ccccc2C)[C@@H]1C(=O)O. The molecule has 1 unspecified atom stereocenters. The smallest absolute Gasteiger partial charge is 0.315 e. The Morgan fingerprint density at radius 1 is 0.756 bits per heavy atom. The molecule has 7 nitrogen and oxygen atoms in total. The number of ether oxygens (including phenoxy) is 4. The molecular formula is C34H30O7. The van der Waals surface area contributed by atoms with Crippen molar-refractivity contribution >= 4 is 11.9 Å². The summed E-state index contributed by atoms with van der Waals surface area (Å²) in [6.45, 7) is 2.94. The van der Waals surface area contributed by atoms with Gasteiger partial charge in [-0.15, -0.1) is 0 Å². The van der Waals surface area contributed by atoms with Gasteiger partial charge in [0.2, 0.25) is 0 Å². The molecule has 6 rings (SSSR count). The molecule has 1 aliphatic heterocycles. The van der Waals surface area contributed by atoms with E-state index in [4.69, 9.17) is 18.9 Å². The van der Waals surface area contributed by atoms with Crippen LogP contribution in [0, 0.1) is 18.8 Å². The molecular weight excluding hydrogens is 520 g/mol. The average molecular weight is 551 g/mol. The molecule has 0 aromatic heterocycles. The quantitative estimate of drug-likeness (QED) is 0.215. The fraction of sp³-hybridized carbons (Fsp3) is 0.235. The van der Waals surface area contributed by atoms with Crippen LogP contribution in [-0.4, -0.2) is 37.4 Å². The standard InChI is InChI=1S/C34H30O7/c1-20-8-3-4-11-24(20)29-31(33(35)36)30(25-12-5-6-13-26(25)38-2)32(29)34(37)41-23-10-7-9-21(18-23)22-14-15-27-28(19-22)40-17-16-39-27/h3-15,18-19,29-32H,16-17H2,1-2H3,(H,35,36)/t29-,30-,31+,32?/m1/s1. The lowest BCUT2D eigenvalue weighted by atomic mass is 9.52. The first-order valence-corrected chi connectivity index (χ1v) is 13.6. The molecule has 1 aliphatic carbocycles. The molecule has 1 saturated carbocycles. The summed E-state index contributed by atoms with van der Waals surface area (Å²) < 4.78 is 23.0. The Hall–Kier alpha value is -4.78. The number of benzene rings is 4. The van der Waals surface area contributed by atoms with E-state index in [0.717, 1.165) is 22.3 Å². The summed E-state index contributed by atoms with van der Waals surface area (Å²) in [5.74, 6) is -1.88. The number of carbonyl (C=O) groups excluding carboxylic acids is 1. The Labute approximate surface area is 238 Å². The van der Waals surface area contributed by atoms with E-state index in [1.165, 1.54) is 0 Å². The van der Waals surface area contributed by atoms with Crippen LogP contribution in [0.4, 0.5) is 0 Å². The first-order chi connectivity index (χ1) is 20.0. The lowest BCUT2D eigenvalue weighted by Gasteiger charge is -2.49. The Balaban J connectivity index is 1.35. The van der Waals surface area contributed by atoms with Gasteiger partial charge in [0, 0.05) is 11.8 Å². The van der Waals surface area contributed by atoms with Crippen molar-refractivity contribution in [3.8, 4) is 34.1 Å². The van der Waals surface area contributed by atoms with Crippen LogP contribution in [0.5, 0.6) is 23.0 Å². The van der Waals surface area contributed by atoms with Crippen molar-refractivity contribution in [3.63, 3.8) is 0 Å². The van der Waals surface area contributed by atoms with Crippen LogP contribution in [0.25, 0.3) is 11.1 Å². The van der Waals surface area contributed by atoms with Crippen molar-refractivity contribution in [1.29, 1.82) is 0 Å². The fourth-order valence-corrected chi connectivity index (χ4v) is 6.17. The molecule has 208 valence electrons. The van der Waals surface area contributed by atoms with Crippen molar-refractivity contribution in [1.82, 2.24) is 0 Å². The van der Waals surface area contributed by atoms with E-state index in [-0.39, 0.29) is 0 Å². The zero-order chi connectivity index (χ0) is 28.5. The Bertz CT molecular complexity index is 1610. The molecule has 1 fully saturated rings. The summed E-state index contributed by atoms with van der Waals surface area (Å²) in [4.78, 5) is 26.7. The lowest BCUT2D eigenvalue weighted by molar-refractivity contribution is -0.158. The number of para-hydroxylation sites is 1. The minimum absolute atomic E-state index is 0.378. The second-order valence-electron chi connectivity index (χ2n) is 10.3. The van der Waals surface area contributed by atoms with Gasteiger partial charge in [-0.2, -0.15) is 0 Å². The summed E-state index contributed by atoms with van der Waals surface area (Å²) in [7, 11) is 1.54. The second-order valence-corrected chi connectivity index (χ2v) is 10.3. The number of fused-ring (bicyclic) bond motifs is 1. The molecule has 1 heterocycles. The molecule has 4 aromatic rings. The highest BCUT2D eigenvalue weighted by Crippen LogP contribution is 2.60. The number of rotatable bonds is 7.